The van der Waals surface area contributed by atoms with Crippen LogP contribution in [0.5, 0.6) is 0 Å². The fourth-order valence-electron chi connectivity index (χ4n) is 1.35. The molecule has 0 unspecified atom stereocenters. The Bertz CT molecular complexity index is 242. The second kappa shape index (κ2) is 5.54. The quantitative estimate of drug-likeness (QED) is 0.641. The van der Waals surface area contributed by atoms with Crippen molar-refractivity contribution in [1.82, 2.24) is 10.2 Å². The smallest absolute Gasteiger partial charge is 0.271 e. The predicted octanol–water partition coefficient (Wildman–Crippen LogP) is 0.404. The first kappa shape index (κ1) is 10.9. The summed E-state index contributed by atoms with van der Waals surface area (Å²) in [5, 5.41) is 10.7. The van der Waals surface area contributed by atoms with Gasteiger partial charge in [0.2, 0.25) is 0 Å². The zero-order chi connectivity index (χ0) is 10.4. The zero-order valence-corrected chi connectivity index (χ0v) is 8.55. The lowest BCUT2D eigenvalue weighted by Gasteiger charge is -2.26. The van der Waals surface area contributed by atoms with Gasteiger partial charge in [-0.05, 0) is 12.5 Å². The van der Waals surface area contributed by atoms with E-state index in [2.05, 4.69) is 5.32 Å². The minimum Gasteiger partial charge on any atom is -0.335 e. The Morgan fingerprint density at radius 2 is 2.14 bits per heavy atom. The normalized spacial score (nSPS) is 17.4. The van der Waals surface area contributed by atoms with Crippen LogP contribution < -0.4 is 5.32 Å². The number of rotatable bonds is 3. The average Bonchev–Trinajstić information content (AvgIpc) is 2.26. The van der Waals surface area contributed by atoms with Gasteiger partial charge in [0.25, 0.3) is 5.91 Å². The summed E-state index contributed by atoms with van der Waals surface area (Å²) in [6, 6.07) is 0. The highest BCUT2D eigenvalue weighted by molar-refractivity contribution is 6.41. The minimum atomic E-state index is -0.156. The Balaban J connectivity index is 2.46. The molecule has 1 rings (SSSR count). The lowest BCUT2D eigenvalue weighted by atomic mass is 10.2. The number of carbonyl (C=O) groups is 1. The second-order valence-corrected chi connectivity index (χ2v) is 3.27. The first-order valence-corrected chi connectivity index (χ1v) is 5.00. The van der Waals surface area contributed by atoms with Crippen LogP contribution in [0.2, 0.25) is 0 Å². The predicted molar refractivity (Wildman–Crippen MR) is 56.6 cm³/mol. The zero-order valence-electron chi connectivity index (χ0n) is 8.55. The first-order valence-electron chi connectivity index (χ1n) is 5.00. The molecule has 0 spiro atoms. The number of carbonyl (C=O) groups excluding carboxylic acids is 1. The van der Waals surface area contributed by atoms with Crippen LogP contribution in [0.4, 0.5) is 0 Å². The molecule has 0 aliphatic carbocycles. The topological polar surface area (TPSA) is 56.2 Å². The molecule has 0 aromatic heterocycles. The van der Waals surface area contributed by atoms with Crippen LogP contribution in [0.15, 0.2) is 12.2 Å². The summed E-state index contributed by atoms with van der Waals surface area (Å²) >= 11 is 0. The van der Waals surface area contributed by atoms with Crippen LogP contribution in [0.3, 0.4) is 0 Å². The summed E-state index contributed by atoms with van der Waals surface area (Å²) in [5.41, 5.74) is 0.0914. The van der Waals surface area contributed by atoms with Gasteiger partial charge >= 0.3 is 0 Å². The Hall–Kier alpha value is -1.16. The number of nitrogens with zero attached hydrogens (tertiary/aromatic N) is 1. The molecule has 1 heterocycles. The molecule has 0 aromatic rings. The van der Waals surface area contributed by atoms with Crippen LogP contribution in [0.1, 0.15) is 13.3 Å². The average molecular weight is 195 g/mol. The van der Waals surface area contributed by atoms with E-state index in [-0.39, 0.29) is 11.6 Å². The van der Waals surface area contributed by atoms with Gasteiger partial charge in [-0.25, -0.2) is 0 Å². The SMILES string of the molecule is CCC=CC(=N)C(=O)N1CCNCC1. The van der Waals surface area contributed by atoms with Gasteiger partial charge in [-0.1, -0.05) is 13.0 Å². The van der Waals surface area contributed by atoms with E-state index in [1.807, 2.05) is 13.0 Å². The van der Waals surface area contributed by atoms with Crippen molar-refractivity contribution >= 4 is 11.6 Å². The number of hydrogen-bond acceptors (Lipinski definition) is 3. The fraction of sp³-hybridized carbons (Fsp3) is 0.600. The molecule has 78 valence electrons. The Labute approximate surface area is 84.5 Å². The van der Waals surface area contributed by atoms with Crippen molar-refractivity contribution in [3.63, 3.8) is 0 Å². The molecule has 2 N–H and O–H groups in total. The van der Waals surface area contributed by atoms with Crippen molar-refractivity contribution in [2.75, 3.05) is 26.2 Å². The van der Waals surface area contributed by atoms with Crippen molar-refractivity contribution in [2.45, 2.75) is 13.3 Å². The van der Waals surface area contributed by atoms with Gasteiger partial charge in [-0.15, -0.1) is 0 Å². The third-order valence-corrected chi connectivity index (χ3v) is 2.15. The number of nitrogens with one attached hydrogen (secondary N) is 2. The molecule has 0 radical (unpaired) electrons. The molecule has 0 saturated carbocycles. The van der Waals surface area contributed by atoms with Gasteiger partial charge in [0.1, 0.15) is 5.71 Å². The summed E-state index contributed by atoms with van der Waals surface area (Å²) in [6.45, 7) is 5.06. The Morgan fingerprint density at radius 1 is 1.50 bits per heavy atom. The van der Waals surface area contributed by atoms with Gasteiger partial charge in [-0.3, -0.25) is 10.2 Å². The molecule has 0 bridgehead atoms. The standard InChI is InChI=1S/C10H17N3O/c1-2-3-4-9(11)10(14)13-7-5-12-6-8-13/h3-4,11-12H,2,5-8H2,1H3. The van der Waals surface area contributed by atoms with Crippen molar-refractivity contribution in [1.29, 1.82) is 5.41 Å². The lowest BCUT2D eigenvalue weighted by molar-refractivity contribution is -0.124. The molecule has 1 saturated heterocycles. The van der Waals surface area contributed by atoms with Gasteiger partial charge in [0.15, 0.2) is 0 Å². The highest BCUT2D eigenvalue weighted by Gasteiger charge is 2.18. The van der Waals surface area contributed by atoms with E-state index in [1.54, 1.807) is 11.0 Å². The monoisotopic (exact) mass is 195 g/mol. The van der Waals surface area contributed by atoms with Crippen molar-refractivity contribution in [3.8, 4) is 0 Å². The molecule has 1 aliphatic rings. The second-order valence-electron chi connectivity index (χ2n) is 3.27. The fourth-order valence-corrected chi connectivity index (χ4v) is 1.35. The van der Waals surface area contributed by atoms with Crippen molar-refractivity contribution < 1.29 is 4.79 Å². The van der Waals surface area contributed by atoms with Gasteiger partial charge in [-0.2, -0.15) is 0 Å². The number of hydrogen-bond donors (Lipinski definition) is 2. The maximum Gasteiger partial charge on any atom is 0.271 e. The van der Waals surface area contributed by atoms with Crippen molar-refractivity contribution in [2.24, 2.45) is 0 Å². The number of allylic oxidation sites excluding steroid dienone is 1. The maximum absolute atomic E-state index is 11.6. The van der Waals surface area contributed by atoms with Crippen LogP contribution in [0, 0.1) is 5.41 Å². The van der Waals surface area contributed by atoms with Crippen molar-refractivity contribution in [3.05, 3.63) is 12.2 Å². The van der Waals surface area contributed by atoms with E-state index in [0.717, 1.165) is 19.5 Å². The summed E-state index contributed by atoms with van der Waals surface area (Å²) < 4.78 is 0. The van der Waals surface area contributed by atoms with E-state index in [1.165, 1.54) is 0 Å². The largest absolute Gasteiger partial charge is 0.335 e. The molecule has 14 heavy (non-hydrogen) atoms. The van der Waals surface area contributed by atoms with Crippen LogP contribution in [-0.4, -0.2) is 42.7 Å². The molecule has 1 fully saturated rings. The first-order chi connectivity index (χ1) is 6.75. The molecule has 0 atom stereocenters. The van der Waals surface area contributed by atoms with Gasteiger partial charge < -0.3 is 10.2 Å². The van der Waals surface area contributed by atoms with Crippen LogP contribution in [0.25, 0.3) is 0 Å². The lowest BCUT2D eigenvalue weighted by Crippen LogP contribution is -2.48. The number of amides is 1. The summed E-state index contributed by atoms with van der Waals surface area (Å²) in [6.07, 6.45) is 4.28. The summed E-state index contributed by atoms with van der Waals surface area (Å²) in [4.78, 5) is 13.3. The highest BCUT2D eigenvalue weighted by Crippen LogP contribution is 1.96. The van der Waals surface area contributed by atoms with Gasteiger partial charge in [0, 0.05) is 26.2 Å². The van der Waals surface area contributed by atoms with E-state index >= 15 is 0 Å². The summed E-state index contributed by atoms with van der Waals surface area (Å²) in [5.74, 6) is -0.156. The molecule has 0 aromatic carbocycles. The molecule has 4 heteroatoms. The number of piperazine rings is 1. The third kappa shape index (κ3) is 2.96. The van der Waals surface area contributed by atoms with E-state index in [0.29, 0.717) is 13.1 Å². The highest BCUT2D eigenvalue weighted by atomic mass is 16.2. The van der Waals surface area contributed by atoms with Gasteiger partial charge in [0.05, 0.1) is 0 Å². The third-order valence-electron chi connectivity index (χ3n) is 2.15. The maximum atomic E-state index is 11.6. The Morgan fingerprint density at radius 3 is 2.71 bits per heavy atom. The van der Waals surface area contributed by atoms with Crippen LogP contribution in [-0.2, 0) is 4.79 Å². The molecular weight excluding hydrogens is 178 g/mol. The molecular formula is C10H17N3O. The molecule has 1 amide bonds. The van der Waals surface area contributed by atoms with E-state index in [9.17, 15) is 4.79 Å². The Kier molecular flexibility index (Phi) is 4.32. The summed E-state index contributed by atoms with van der Waals surface area (Å²) in [7, 11) is 0. The molecule has 1 aliphatic heterocycles. The van der Waals surface area contributed by atoms with E-state index < -0.39 is 0 Å². The molecule has 4 nitrogen and oxygen atoms in total. The van der Waals surface area contributed by atoms with Crippen LogP contribution >= 0.6 is 0 Å². The minimum absolute atomic E-state index is 0.0914. The van der Waals surface area contributed by atoms with E-state index in [4.69, 9.17) is 5.41 Å².